The molecule has 2 fully saturated rings. The highest BCUT2D eigenvalue weighted by Crippen LogP contribution is 2.48. The van der Waals surface area contributed by atoms with Gasteiger partial charge >= 0.3 is 0 Å². The minimum atomic E-state index is 0.992. The van der Waals surface area contributed by atoms with Crippen LogP contribution in [-0.2, 0) is 0 Å². The van der Waals surface area contributed by atoms with Gasteiger partial charge in [0.05, 0.1) is 0 Å². The molecule has 0 N–H and O–H groups in total. The van der Waals surface area contributed by atoms with E-state index in [1.165, 1.54) is 12.8 Å². The third kappa shape index (κ3) is 1.41. The highest BCUT2D eigenvalue weighted by atomic mass is 14.4. The Morgan fingerprint density at radius 1 is 1.08 bits per heavy atom. The monoisotopic (exact) mass is 166 g/mol. The molecular formula is C12H22. The lowest BCUT2D eigenvalue weighted by Gasteiger charge is -2.45. The average molecular weight is 166 g/mol. The van der Waals surface area contributed by atoms with Crippen LogP contribution < -0.4 is 0 Å². The molecule has 0 heteroatoms. The normalized spacial score (nSPS) is 43.0. The molecule has 2 aliphatic rings. The minimum Gasteiger partial charge on any atom is -0.0651 e. The molecule has 0 radical (unpaired) electrons. The molecule has 12 heavy (non-hydrogen) atoms. The van der Waals surface area contributed by atoms with Crippen molar-refractivity contribution in [3.63, 3.8) is 0 Å². The van der Waals surface area contributed by atoms with E-state index in [4.69, 9.17) is 0 Å². The van der Waals surface area contributed by atoms with Gasteiger partial charge in [-0.1, -0.05) is 20.3 Å². The fraction of sp³-hybridized carbons (Fsp3) is 1.00. The highest BCUT2D eigenvalue weighted by molar-refractivity contribution is 4.88. The van der Waals surface area contributed by atoms with Crippen LogP contribution >= 0.6 is 0 Å². The molecule has 0 aromatic carbocycles. The van der Waals surface area contributed by atoms with Crippen LogP contribution in [0, 0.1) is 23.7 Å². The van der Waals surface area contributed by atoms with Crippen molar-refractivity contribution in [2.24, 2.45) is 23.7 Å². The van der Waals surface area contributed by atoms with Crippen LogP contribution in [0.2, 0.25) is 0 Å². The lowest BCUT2D eigenvalue weighted by molar-refractivity contribution is 0.0590. The topological polar surface area (TPSA) is 0 Å². The first-order valence-corrected chi connectivity index (χ1v) is 5.81. The maximum absolute atomic E-state index is 2.45. The van der Waals surface area contributed by atoms with Crippen molar-refractivity contribution in [3.8, 4) is 0 Å². The van der Waals surface area contributed by atoms with E-state index in [9.17, 15) is 0 Å². The van der Waals surface area contributed by atoms with Gasteiger partial charge in [-0.3, -0.25) is 0 Å². The Hall–Kier alpha value is 0. The third-order valence-corrected chi connectivity index (χ3v) is 4.54. The van der Waals surface area contributed by atoms with Crippen LogP contribution in [0.1, 0.15) is 52.4 Å². The predicted molar refractivity (Wildman–Crippen MR) is 53.0 cm³/mol. The summed E-state index contributed by atoms with van der Waals surface area (Å²) in [5, 5.41) is 0. The smallest absolute Gasteiger partial charge is 0.0383 e. The molecule has 2 aliphatic carbocycles. The summed E-state index contributed by atoms with van der Waals surface area (Å²) < 4.78 is 0. The van der Waals surface area contributed by atoms with Gasteiger partial charge in [0.1, 0.15) is 0 Å². The van der Waals surface area contributed by atoms with Crippen molar-refractivity contribution in [1.82, 2.24) is 0 Å². The molecule has 0 bridgehead atoms. The lowest BCUT2D eigenvalue weighted by Crippen LogP contribution is -2.34. The molecule has 0 spiro atoms. The minimum absolute atomic E-state index is 0.992. The van der Waals surface area contributed by atoms with Crippen molar-refractivity contribution < 1.29 is 0 Å². The summed E-state index contributed by atoms with van der Waals surface area (Å²) in [6, 6.07) is 0. The van der Waals surface area contributed by atoms with Gasteiger partial charge in [-0.25, -0.2) is 0 Å². The van der Waals surface area contributed by atoms with Gasteiger partial charge in [0.25, 0.3) is 0 Å². The van der Waals surface area contributed by atoms with E-state index in [1.54, 1.807) is 25.7 Å². The second-order valence-electron chi connectivity index (χ2n) is 5.06. The Morgan fingerprint density at radius 3 is 2.25 bits per heavy atom. The Morgan fingerprint density at radius 2 is 1.75 bits per heavy atom. The summed E-state index contributed by atoms with van der Waals surface area (Å²) in [4.78, 5) is 0. The molecule has 0 amide bonds. The van der Waals surface area contributed by atoms with Crippen molar-refractivity contribution in [2.45, 2.75) is 52.4 Å². The number of fused-ring (bicyclic) bond motifs is 1. The van der Waals surface area contributed by atoms with E-state index in [0.29, 0.717) is 0 Å². The zero-order valence-corrected chi connectivity index (χ0v) is 8.55. The van der Waals surface area contributed by atoms with Gasteiger partial charge in [-0.05, 0) is 55.8 Å². The molecule has 4 unspecified atom stereocenters. The van der Waals surface area contributed by atoms with Gasteiger partial charge in [-0.15, -0.1) is 0 Å². The highest BCUT2D eigenvalue weighted by Gasteiger charge is 2.37. The van der Waals surface area contributed by atoms with Crippen molar-refractivity contribution >= 4 is 0 Å². The molecule has 0 aromatic rings. The summed E-state index contributed by atoms with van der Waals surface area (Å²) in [6.45, 7) is 4.79. The van der Waals surface area contributed by atoms with E-state index in [2.05, 4.69) is 13.8 Å². The van der Waals surface area contributed by atoms with Crippen LogP contribution in [0.3, 0.4) is 0 Å². The molecule has 0 aliphatic heterocycles. The first-order chi connectivity index (χ1) is 5.81. The van der Waals surface area contributed by atoms with E-state index in [-0.39, 0.29) is 0 Å². The Bertz CT molecular complexity index is 150. The van der Waals surface area contributed by atoms with Gasteiger partial charge in [0.2, 0.25) is 0 Å². The summed E-state index contributed by atoms with van der Waals surface area (Å²) in [6.07, 6.45) is 9.16. The summed E-state index contributed by atoms with van der Waals surface area (Å²) in [5.41, 5.74) is 0. The third-order valence-electron chi connectivity index (χ3n) is 4.54. The average Bonchev–Trinajstić information content (AvgIpc) is 2.06. The van der Waals surface area contributed by atoms with Crippen molar-refractivity contribution in [2.75, 3.05) is 0 Å². The maximum atomic E-state index is 2.45. The number of hydrogen-bond donors (Lipinski definition) is 0. The fourth-order valence-electron chi connectivity index (χ4n) is 3.11. The van der Waals surface area contributed by atoms with E-state index in [0.717, 1.165) is 23.7 Å². The summed E-state index contributed by atoms with van der Waals surface area (Å²) >= 11 is 0. The predicted octanol–water partition coefficient (Wildman–Crippen LogP) is 3.86. The first kappa shape index (κ1) is 8.59. The van der Waals surface area contributed by atoms with Crippen molar-refractivity contribution in [3.05, 3.63) is 0 Å². The van der Waals surface area contributed by atoms with Gasteiger partial charge in [-0.2, -0.15) is 0 Å². The Kier molecular flexibility index (Phi) is 2.43. The quantitative estimate of drug-likeness (QED) is 0.584. The molecule has 0 aromatic heterocycles. The van der Waals surface area contributed by atoms with E-state index < -0.39 is 0 Å². The molecule has 0 saturated heterocycles. The van der Waals surface area contributed by atoms with Crippen LogP contribution in [0.15, 0.2) is 0 Å². The number of hydrogen-bond acceptors (Lipinski definition) is 0. The van der Waals surface area contributed by atoms with Crippen LogP contribution in [-0.4, -0.2) is 0 Å². The Labute approximate surface area is 76.7 Å². The Balaban J connectivity index is 1.85. The fourth-order valence-corrected chi connectivity index (χ4v) is 3.11. The number of rotatable bonds is 2. The van der Waals surface area contributed by atoms with Gasteiger partial charge in [0.15, 0.2) is 0 Å². The molecule has 0 heterocycles. The molecule has 2 rings (SSSR count). The second kappa shape index (κ2) is 3.40. The van der Waals surface area contributed by atoms with E-state index in [1.807, 2.05) is 0 Å². The SMILES string of the molecule is CCC(C)C1CCC2CCC2C1. The zero-order valence-electron chi connectivity index (χ0n) is 8.55. The van der Waals surface area contributed by atoms with Crippen LogP contribution in [0.25, 0.3) is 0 Å². The lowest BCUT2D eigenvalue weighted by atomic mass is 9.61. The standard InChI is InChI=1S/C12H22/c1-3-9(2)11-6-4-10-5-7-12(10)8-11/h9-12H,3-8H2,1-2H3. The van der Waals surface area contributed by atoms with Crippen LogP contribution in [0.5, 0.6) is 0 Å². The zero-order chi connectivity index (χ0) is 8.55. The second-order valence-corrected chi connectivity index (χ2v) is 5.06. The molecule has 70 valence electrons. The molecule has 2 saturated carbocycles. The molecular weight excluding hydrogens is 144 g/mol. The summed E-state index contributed by atoms with van der Waals surface area (Å²) in [5.74, 6) is 4.38. The first-order valence-electron chi connectivity index (χ1n) is 5.81. The largest absolute Gasteiger partial charge is 0.0651 e. The van der Waals surface area contributed by atoms with Gasteiger partial charge < -0.3 is 0 Å². The van der Waals surface area contributed by atoms with E-state index >= 15 is 0 Å². The maximum Gasteiger partial charge on any atom is -0.0383 e. The molecule has 0 nitrogen and oxygen atoms in total. The molecule has 4 atom stereocenters. The van der Waals surface area contributed by atoms with Crippen molar-refractivity contribution in [1.29, 1.82) is 0 Å². The van der Waals surface area contributed by atoms with Gasteiger partial charge in [0, 0.05) is 0 Å². The van der Waals surface area contributed by atoms with Crippen LogP contribution in [0.4, 0.5) is 0 Å². The summed E-state index contributed by atoms with van der Waals surface area (Å²) in [7, 11) is 0.